The van der Waals surface area contributed by atoms with Gasteiger partial charge in [-0.25, -0.2) is 0 Å². The number of hydrogen-bond acceptors (Lipinski definition) is 0. The van der Waals surface area contributed by atoms with Crippen molar-refractivity contribution in [1.82, 2.24) is 0 Å². The summed E-state index contributed by atoms with van der Waals surface area (Å²) in [5.41, 5.74) is 0.750. The predicted molar refractivity (Wildman–Crippen MR) is 29.1 cm³/mol. The fourth-order valence-corrected chi connectivity index (χ4v) is 2.65. The molecule has 1 aliphatic heterocycles. The zero-order valence-electron chi connectivity index (χ0n) is 4.32. The third-order valence-corrected chi connectivity index (χ3v) is 5.12. The Morgan fingerprint density at radius 2 is 1.67 bits per heavy atom. The van der Waals surface area contributed by atoms with Gasteiger partial charge in [-0.1, -0.05) is 0 Å². The molecule has 0 spiro atoms. The Balaban J connectivity index is 2.31. The van der Waals surface area contributed by atoms with E-state index in [1.54, 1.807) is 0 Å². The van der Waals surface area contributed by atoms with E-state index in [-0.39, 0.29) is 0 Å². The molecule has 1 fully saturated rings. The molecule has 0 atom stereocenters. The third kappa shape index (κ3) is 0.771. The van der Waals surface area contributed by atoms with Gasteiger partial charge in [-0.3, -0.25) is 0 Å². The monoisotopic (exact) mass is 150 g/mol. The van der Waals surface area contributed by atoms with E-state index in [4.69, 9.17) is 0 Å². The maximum absolute atomic E-state index is 2.35. The number of rotatable bonds is 0. The first-order valence-corrected chi connectivity index (χ1v) is 4.71. The van der Waals surface area contributed by atoms with Crippen molar-refractivity contribution in [2.45, 2.75) is 24.5 Å². The first-order chi connectivity index (χ1) is 2.71. The van der Waals surface area contributed by atoms with Gasteiger partial charge in [0.25, 0.3) is 0 Å². The summed E-state index contributed by atoms with van der Waals surface area (Å²) >= 11 is 1.03. The molecule has 6 heavy (non-hydrogen) atoms. The van der Waals surface area contributed by atoms with Crippen molar-refractivity contribution in [2.24, 2.45) is 5.41 Å². The Hall–Kier alpha value is 0.519. The second kappa shape index (κ2) is 1.24. The quantitative estimate of drug-likeness (QED) is 0.458. The van der Waals surface area contributed by atoms with Crippen LogP contribution in [0.25, 0.3) is 0 Å². The second-order valence-electron chi connectivity index (χ2n) is 2.66. The van der Waals surface area contributed by atoms with Gasteiger partial charge in [0.05, 0.1) is 0 Å². The van der Waals surface area contributed by atoms with E-state index in [1.807, 2.05) is 0 Å². The van der Waals surface area contributed by atoms with Gasteiger partial charge < -0.3 is 0 Å². The summed E-state index contributed by atoms with van der Waals surface area (Å²) in [5, 5.41) is 3.03. The first kappa shape index (κ1) is 4.67. The van der Waals surface area contributed by atoms with E-state index in [9.17, 15) is 0 Å². The first-order valence-electron chi connectivity index (χ1n) is 2.28. The minimum atomic E-state index is 0.750. The summed E-state index contributed by atoms with van der Waals surface area (Å²) in [6.45, 7) is 4.69. The maximum atomic E-state index is 2.35. The Morgan fingerprint density at radius 3 is 1.67 bits per heavy atom. The van der Waals surface area contributed by atoms with E-state index in [1.165, 1.54) is 10.6 Å². The Kier molecular flexibility index (Phi) is 0.969. The molecule has 0 radical (unpaired) electrons. The van der Waals surface area contributed by atoms with Crippen LogP contribution in [0.15, 0.2) is 0 Å². The normalized spacial score (nSPS) is 29.0. The molecule has 0 aromatic rings. The van der Waals surface area contributed by atoms with Crippen LogP contribution in [0.2, 0.25) is 10.6 Å². The molecule has 0 aromatic carbocycles. The molecule has 0 amide bonds. The van der Waals surface area contributed by atoms with Gasteiger partial charge >= 0.3 is 44.9 Å². The molecule has 1 aliphatic rings. The van der Waals surface area contributed by atoms with E-state index in [0.717, 1.165) is 20.4 Å². The van der Waals surface area contributed by atoms with Crippen LogP contribution in [0.4, 0.5) is 0 Å². The summed E-state index contributed by atoms with van der Waals surface area (Å²) < 4.78 is 0. The van der Waals surface area contributed by atoms with Crippen LogP contribution in [0.5, 0.6) is 0 Å². The van der Waals surface area contributed by atoms with Crippen molar-refractivity contribution < 1.29 is 0 Å². The molecule has 1 heteroatoms. The van der Waals surface area contributed by atoms with Gasteiger partial charge in [-0.2, -0.15) is 0 Å². The number of hydrogen-bond donors (Lipinski definition) is 0. The average Bonchev–Trinajstić information content (AvgIpc) is 1.32. The molecule has 0 N–H and O–H groups in total. The van der Waals surface area contributed by atoms with Gasteiger partial charge in [-0.05, 0) is 0 Å². The topological polar surface area (TPSA) is 0 Å². The van der Waals surface area contributed by atoms with Crippen LogP contribution in [0.3, 0.4) is 0 Å². The zero-order valence-corrected chi connectivity index (χ0v) is 6.04. The summed E-state index contributed by atoms with van der Waals surface area (Å²) in [4.78, 5) is 0. The van der Waals surface area contributed by atoms with Crippen molar-refractivity contribution in [3.05, 3.63) is 0 Å². The Bertz CT molecular complexity index is 51.0. The molecular formula is C5H10Se. The Morgan fingerprint density at radius 1 is 1.33 bits per heavy atom. The summed E-state index contributed by atoms with van der Waals surface area (Å²) in [6, 6.07) is 0. The average molecular weight is 149 g/mol. The van der Waals surface area contributed by atoms with E-state index in [0.29, 0.717) is 0 Å². The summed E-state index contributed by atoms with van der Waals surface area (Å²) in [5.74, 6) is 0. The van der Waals surface area contributed by atoms with E-state index >= 15 is 0 Å². The van der Waals surface area contributed by atoms with Crippen molar-refractivity contribution in [2.75, 3.05) is 0 Å². The second-order valence-corrected chi connectivity index (χ2v) is 4.72. The zero-order chi connectivity index (χ0) is 4.62. The van der Waals surface area contributed by atoms with Crippen LogP contribution in [0, 0.1) is 5.41 Å². The predicted octanol–water partition coefficient (Wildman–Crippen LogP) is 1.57. The van der Waals surface area contributed by atoms with Gasteiger partial charge in [0.2, 0.25) is 0 Å². The molecule has 1 rings (SSSR count). The molecule has 0 aromatic heterocycles. The fourth-order valence-electron chi connectivity index (χ4n) is 0.510. The van der Waals surface area contributed by atoms with Crippen LogP contribution in [-0.4, -0.2) is 15.0 Å². The van der Waals surface area contributed by atoms with Crippen LogP contribution >= 0.6 is 0 Å². The molecule has 36 valence electrons. The van der Waals surface area contributed by atoms with Gasteiger partial charge in [0.1, 0.15) is 0 Å². The SMILES string of the molecule is CC1(C)C[Se]C1. The molecule has 1 heterocycles. The van der Waals surface area contributed by atoms with Crippen molar-refractivity contribution >= 4 is 15.0 Å². The van der Waals surface area contributed by atoms with Gasteiger partial charge in [0, 0.05) is 0 Å². The molecule has 1 saturated heterocycles. The standard InChI is InChI=1S/C5H10Se/c1-5(2)3-6-4-5/h3-4H2,1-2H3. The molecule has 0 bridgehead atoms. The van der Waals surface area contributed by atoms with Crippen molar-refractivity contribution in [1.29, 1.82) is 0 Å². The molecular weight excluding hydrogens is 139 g/mol. The Labute approximate surface area is 45.5 Å². The van der Waals surface area contributed by atoms with Crippen LogP contribution in [0.1, 0.15) is 13.8 Å². The third-order valence-electron chi connectivity index (χ3n) is 0.986. The van der Waals surface area contributed by atoms with Crippen molar-refractivity contribution in [3.8, 4) is 0 Å². The summed E-state index contributed by atoms with van der Waals surface area (Å²) in [7, 11) is 0. The fraction of sp³-hybridized carbons (Fsp3) is 1.00. The van der Waals surface area contributed by atoms with Gasteiger partial charge in [-0.15, -0.1) is 0 Å². The molecule has 0 saturated carbocycles. The van der Waals surface area contributed by atoms with Crippen LogP contribution in [-0.2, 0) is 0 Å². The minimum absolute atomic E-state index is 0.750. The molecule has 0 aliphatic carbocycles. The van der Waals surface area contributed by atoms with E-state index < -0.39 is 0 Å². The van der Waals surface area contributed by atoms with Gasteiger partial charge in [0.15, 0.2) is 0 Å². The molecule has 0 nitrogen and oxygen atoms in total. The van der Waals surface area contributed by atoms with Crippen molar-refractivity contribution in [3.63, 3.8) is 0 Å². The van der Waals surface area contributed by atoms with Crippen LogP contribution < -0.4 is 0 Å². The summed E-state index contributed by atoms with van der Waals surface area (Å²) in [6.07, 6.45) is 0. The van der Waals surface area contributed by atoms with E-state index in [2.05, 4.69) is 13.8 Å². The molecule has 0 unspecified atom stereocenters.